The number of carboxylic acids is 1. The SMILES string of the molecule is CC=CCC(C(=O)O)c1cccc(F)c1. The van der Waals surface area contributed by atoms with Gasteiger partial charge in [-0.2, -0.15) is 0 Å². The molecule has 0 bridgehead atoms. The third-order valence-corrected chi connectivity index (χ3v) is 2.16. The van der Waals surface area contributed by atoms with Gasteiger partial charge in [0.2, 0.25) is 0 Å². The summed E-state index contributed by atoms with van der Waals surface area (Å²) in [5, 5.41) is 8.99. The van der Waals surface area contributed by atoms with Gasteiger partial charge < -0.3 is 5.11 Å². The van der Waals surface area contributed by atoms with Crippen molar-refractivity contribution in [1.29, 1.82) is 0 Å². The van der Waals surface area contributed by atoms with Crippen LogP contribution in [0.15, 0.2) is 36.4 Å². The van der Waals surface area contributed by atoms with Crippen molar-refractivity contribution in [2.75, 3.05) is 0 Å². The van der Waals surface area contributed by atoms with Crippen molar-refractivity contribution in [3.63, 3.8) is 0 Å². The Balaban J connectivity index is 2.93. The first-order valence-corrected chi connectivity index (χ1v) is 4.74. The van der Waals surface area contributed by atoms with Gasteiger partial charge in [-0.1, -0.05) is 24.3 Å². The number of halogens is 1. The fourth-order valence-corrected chi connectivity index (χ4v) is 1.37. The largest absolute Gasteiger partial charge is 0.481 e. The van der Waals surface area contributed by atoms with Crippen LogP contribution in [-0.4, -0.2) is 11.1 Å². The molecule has 1 aromatic rings. The van der Waals surface area contributed by atoms with Gasteiger partial charge in [0.15, 0.2) is 0 Å². The molecule has 1 N–H and O–H groups in total. The maximum Gasteiger partial charge on any atom is 0.311 e. The highest BCUT2D eigenvalue weighted by Crippen LogP contribution is 2.21. The van der Waals surface area contributed by atoms with Gasteiger partial charge in [0.1, 0.15) is 5.82 Å². The standard InChI is InChI=1S/C12H13FO2/c1-2-3-7-11(12(14)15)9-5-4-6-10(13)8-9/h2-6,8,11H,7H2,1H3,(H,14,15). The molecule has 0 saturated heterocycles. The van der Waals surface area contributed by atoms with Crippen molar-refractivity contribution in [3.05, 3.63) is 47.8 Å². The summed E-state index contributed by atoms with van der Waals surface area (Å²) in [6.45, 7) is 1.82. The third-order valence-electron chi connectivity index (χ3n) is 2.16. The van der Waals surface area contributed by atoms with Crippen molar-refractivity contribution in [3.8, 4) is 0 Å². The minimum atomic E-state index is -0.932. The molecule has 0 saturated carbocycles. The van der Waals surface area contributed by atoms with Gasteiger partial charge in [-0.25, -0.2) is 4.39 Å². The number of aliphatic carboxylic acids is 1. The molecule has 80 valence electrons. The lowest BCUT2D eigenvalue weighted by molar-refractivity contribution is -0.138. The minimum Gasteiger partial charge on any atom is -0.481 e. The number of benzene rings is 1. The number of carbonyl (C=O) groups is 1. The van der Waals surface area contributed by atoms with Gasteiger partial charge in [0.05, 0.1) is 5.92 Å². The second kappa shape index (κ2) is 5.29. The molecule has 1 unspecified atom stereocenters. The zero-order valence-corrected chi connectivity index (χ0v) is 8.48. The normalized spacial score (nSPS) is 12.9. The number of hydrogen-bond acceptors (Lipinski definition) is 1. The van der Waals surface area contributed by atoms with E-state index >= 15 is 0 Å². The first-order valence-electron chi connectivity index (χ1n) is 4.74. The number of hydrogen-bond donors (Lipinski definition) is 1. The zero-order chi connectivity index (χ0) is 11.3. The zero-order valence-electron chi connectivity index (χ0n) is 8.48. The average Bonchev–Trinajstić information content (AvgIpc) is 2.18. The maximum absolute atomic E-state index is 12.9. The van der Waals surface area contributed by atoms with Crippen molar-refractivity contribution >= 4 is 5.97 Å². The van der Waals surface area contributed by atoms with Gasteiger partial charge in [-0.05, 0) is 31.0 Å². The van der Waals surface area contributed by atoms with Crippen LogP contribution in [0.5, 0.6) is 0 Å². The minimum absolute atomic E-state index is 0.384. The Labute approximate surface area is 88.1 Å². The fraction of sp³-hybridized carbons (Fsp3) is 0.250. The first kappa shape index (κ1) is 11.4. The molecule has 0 spiro atoms. The number of rotatable bonds is 4. The van der Waals surface area contributed by atoms with Gasteiger partial charge >= 0.3 is 5.97 Å². The molecule has 0 heterocycles. The molecule has 1 atom stereocenters. The lowest BCUT2D eigenvalue weighted by atomic mass is 9.95. The smallest absolute Gasteiger partial charge is 0.311 e. The fourth-order valence-electron chi connectivity index (χ4n) is 1.37. The highest BCUT2D eigenvalue weighted by Gasteiger charge is 2.18. The predicted molar refractivity (Wildman–Crippen MR) is 56.2 cm³/mol. The van der Waals surface area contributed by atoms with E-state index in [-0.39, 0.29) is 0 Å². The van der Waals surface area contributed by atoms with Crippen LogP contribution >= 0.6 is 0 Å². The summed E-state index contributed by atoms with van der Waals surface area (Å²) in [6.07, 6.45) is 3.94. The quantitative estimate of drug-likeness (QED) is 0.772. The van der Waals surface area contributed by atoms with Gasteiger partial charge in [-0.3, -0.25) is 4.79 Å². The lowest BCUT2D eigenvalue weighted by Gasteiger charge is -2.10. The summed E-state index contributed by atoms with van der Waals surface area (Å²) in [5.41, 5.74) is 0.501. The second-order valence-electron chi connectivity index (χ2n) is 3.25. The molecular formula is C12H13FO2. The summed E-state index contributed by atoms with van der Waals surface area (Å²) in [7, 11) is 0. The second-order valence-corrected chi connectivity index (χ2v) is 3.25. The maximum atomic E-state index is 12.9. The molecule has 0 aliphatic carbocycles. The van der Waals surface area contributed by atoms with E-state index < -0.39 is 17.7 Å². The summed E-state index contributed by atoms with van der Waals surface area (Å²) >= 11 is 0. The van der Waals surface area contributed by atoms with Crippen molar-refractivity contribution in [2.24, 2.45) is 0 Å². The van der Waals surface area contributed by atoms with Crippen LogP contribution in [0.3, 0.4) is 0 Å². The highest BCUT2D eigenvalue weighted by molar-refractivity contribution is 5.76. The number of allylic oxidation sites excluding steroid dienone is 2. The Bertz CT molecular complexity index is 372. The van der Waals surface area contributed by atoms with E-state index in [1.165, 1.54) is 18.2 Å². The molecule has 0 radical (unpaired) electrons. The number of carboxylic acid groups (broad SMARTS) is 1. The Morgan fingerprint density at radius 1 is 1.60 bits per heavy atom. The first-order chi connectivity index (χ1) is 7.15. The van der Waals surface area contributed by atoms with Gasteiger partial charge in [0.25, 0.3) is 0 Å². The van der Waals surface area contributed by atoms with E-state index in [4.69, 9.17) is 5.11 Å². The summed E-state index contributed by atoms with van der Waals surface area (Å²) in [4.78, 5) is 11.0. The highest BCUT2D eigenvalue weighted by atomic mass is 19.1. The average molecular weight is 208 g/mol. The van der Waals surface area contributed by atoms with Crippen molar-refractivity contribution in [1.82, 2.24) is 0 Å². The Morgan fingerprint density at radius 2 is 2.33 bits per heavy atom. The monoisotopic (exact) mass is 208 g/mol. The molecule has 0 aromatic heterocycles. The van der Waals surface area contributed by atoms with E-state index in [2.05, 4.69) is 0 Å². The summed E-state index contributed by atoms with van der Waals surface area (Å²) < 4.78 is 12.9. The topological polar surface area (TPSA) is 37.3 Å². The van der Waals surface area contributed by atoms with Crippen molar-refractivity contribution < 1.29 is 14.3 Å². The predicted octanol–water partition coefficient (Wildman–Crippen LogP) is 2.96. The van der Waals surface area contributed by atoms with Crippen LogP contribution < -0.4 is 0 Å². The molecular weight excluding hydrogens is 195 g/mol. The molecule has 0 amide bonds. The lowest BCUT2D eigenvalue weighted by Crippen LogP contribution is -2.10. The molecule has 0 aliphatic rings. The Kier molecular flexibility index (Phi) is 4.03. The summed E-state index contributed by atoms with van der Waals surface area (Å²) in [6, 6.07) is 5.72. The molecule has 0 aliphatic heterocycles. The van der Waals surface area contributed by atoms with E-state index in [0.29, 0.717) is 12.0 Å². The van der Waals surface area contributed by atoms with Crippen LogP contribution in [0.1, 0.15) is 24.8 Å². The molecule has 1 aromatic carbocycles. The van der Waals surface area contributed by atoms with Crippen molar-refractivity contribution in [2.45, 2.75) is 19.3 Å². The third kappa shape index (κ3) is 3.20. The Hall–Kier alpha value is -1.64. The van der Waals surface area contributed by atoms with Crippen LogP contribution in [-0.2, 0) is 4.79 Å². The molecule has 2 nitrogen and oxygen atoms in total. The molecule has 3 heteroatoms. The molecule has 1 rings (SSSR count). The molecule has 15 heavy (non-hydrogen) atoms. The van der Waals surface area contributed by atoms with Crippen LogP contribution in [0.4, 0.5) is 4.39 Å². The van der Waals surface area contributed by atoms with E-state index in [1.54, 1.807) is 18.2 Å². The summed E-state index contributed by atoms with van der Waals surface area (Å²) in [5.74, 6) is -2.00. The van der Waals surface area contributed by atoms with Crippen LogP contribution in [0.25, 0.3) is 0 Å². The van der Waals surface area contributed by atoms with E-state index in [1.807, 2.05) is 6.92 Å². The van der Waals surface area contributed by atoms with Crippen LogP contribution in [0, 0.1) is 5.82 Å². The van der Waals surface area contributed by atoms with Crippen LogP contribution in [0.2, 0.25) is 0 Å². The Morgan fingerprint density at radius 3 is 2.87 bits per heavy atom. The van der Waals surface area contributed by atoms with E-state index in [0.717, 1.165) is 0 Å². The molecule has 0 fully saturated rings. The van der Waals surface area contributed by atoms with Gasteiger partial charge in [-0.15, -0.1) is 0 Å². The van der Waals surface area contributed by atoms with Gasteiger partial charge in [0, 0.05) is 0 Å². The van der Waals surface area contributed by atoms with E-state index in [9.17, 15) is 9.18 Å².